The summed E-state index contributed by atoms with van der Waals surface area (Å²) < 4.78 is 54.1. The van der Waals surface area contributed by atoms with Gasteiger partial charge in [-0.05, 0) is 31.2 Å². The number of amides is 1. The summed E-state index contributed by atoms with van der Waals surface area (Å²) in [5.74, 6) is -1.63. The average molecular weight is 434 g/mol. The molecule has 0 aliphatic heterocycles. The normalized spacial score (nSPS) is 13.5. The molecule has 1 unspecified atom stereocenters. The fourth-order valence-electron chi connectivity index (χ4n) is 3.03. The zero-order chi connectivity index (χ0) is 23.0. The highest BCUT2D eigenvalue weighted by atomic mass is 19.4. The Morgan fingerprint density at radius 1 is 1.35 bits per heavy atom. The molecule has 7 nitrogen and oxygen atoms in total. The summed E-state index contributed by atoms with van der Waals surface area (Å²) in [5.41, 5.74) is -4.18. The Hall–Kier alpha value is -3.78. The third-order valence-electron chi connectivity index (χ3n) is 4.53. The number of aldehydes is 1. The average Bonchev–Trinajstić information content (AvgIpc) is 3.03. The number of aromatic nitrogens is 2. The summed E-state index contributed by atoms with van der Waals surface area (Å²) in [6, 6.07) is 5.50. The van der Waals surface area contributed by atoms with Gasteiger partial charge in [-0.15, -0.1) is 0 Å². The number of anilines is 1. The molecule has 1 atom stereocenters. The highest BCUT2D eigenvalue weighted by Gasteiger charge is 2.36. The van der Waals surface area contributed by atoms with Crippen LogP contribution in [-0.2, 0) is 17.5 Å². The van der Waals surface area contributed by atoms with Gasteiger partial charge in [0.2, 0.25) is 0 Å². The molecule has 0 radical (unpaired) electrons. The van der Waals surface area contributed by atoms with Crippen LogP contribution in [0.15, 0.2) is 36.7 Å². The van der Waals surface area contributed by atoms with E-state index in [-0.39, 0.29) is 23.2 Å². The van der Waals surface area contributed by atoms with Crippen LogP contribution in [0.3, 0.4) is 0 Å². The Kier molecular flexibility index (Phi) is 5.52. The van der Waals surface area contributed by atoms with Crippen molar-refractivity contribution in [2.24, 2.45) is 0 Å². The van der Waals surface area contributed by atoms with E-state index in [1.165, 1.54) is 22.9 Å². The highest BCUT2D eigenvalue weighted by molar-refractivity contribution is 5.99. The lowest BCUT2D eigenvalue weighted by molar-refractivity contribution is -0.138. The number of hydrogen-bond acceptors (Lipinski definition) is 5. The molecule has 0 bridgehead atoms. The van der Waals surface area contributed by atoms with E-state index >= 15 is 0 Å². The van der Waals surface area contributed by atoms with Gasteiger partial charge < -0.3 is 15.0 Å². The fourth-order valence-corrected chi connectivity index (χ4v) is 3.03. The van der Waals surface area contributed by atoms with Crippen LogP contribution in [0, 0.1) is 17.1 Å². The van der Waals surface area contributed by atoms with Crippen LogP contribution < -0.4 is 5.32 Å². The first-order valence-corrected chi connectivity index (χ1v) is 8.71. The molecule has 0 aliphatic carbocycles. The number of carbonyl (C=O) groups is 2. The lowest BCUT2D eigenvalue weighted by atomic mass is 10.1. The van der Waals surface area contributed by atoms with Crippen LogP contribution in [0.2, 0.25) is 0 Å². The Bertz CT molecular complexity index is 1230. The molecule has 3 rings (SSSR count). The van der Waals surface area contributed by atoms with Crippen molar-refractivity contribution in [1.82, 2.24) is 9.55 Å². The van der Waals surface area contributed by atoms with E-state index in [1.807, 2.05) is 0 Å². The number of nitriles is 1. The molecule has 31 heavy (non-hydrogen) atoms. The maximum Gasteiger partial charge on any atom is 0.419 e. The van der Waals surface area contributed by atoms with Gasteiger partial charge in [0.05, 0.1) is 24.0 Å². The van der Waals surface area contributed by atoms with Crippen molar-refractivity contribution in [3.05, 3.63) is 59.3 Å². The molecule has 1 amide bonds. The number of rotatable bonds is 5. The quantitative estimate of drug-likeness (QED) is 0.473. The standard InChI is InChI=1S/C20H14F4N4O3/c1-19(31,10-28-8-11(9-29)14-4-12(21)2-3-17(14)28)18(30)27-13-5-15(20(22,23)24)16(6-25)26-7-13/h2-5,7-9,31H,10H2,1H3,(H,27,30). The maximum absolute atomic E-state index is 13.5. The maximum atomic E-state index is 13.5. The summed E-state index contributed by atoms with van der Waals surface area (Å²) in [6.07, 6.45) is -2.19. The molecule has 0 aliphatic rings. The smallest absolute Gasteiger partial charge is 0.378 e. The van der Waals surface area contributed by atoms with Crippen LogP contribution in [0.25, 0.3) is 10.9 Å². The first-order valence-electron chi connectivity index (χ1n) is 8.71. The van der Waals surface area contributed by atoms with Crippen molar-refractivity contribution < 1.29 is 32.3 Å². The van der Waals surface area contributed by atoms with Crippen molar-refractivity contribution in [3.63, 3.8) is 0 Å². The molecule has 11 heteroatoms. The Morgan fingerprint density at radius 2 is 2.06 bits per heavy atom. The van der Waals surface area contributed by atoms with Crippen molar-refractivity contribution in [3.8, 4) is 6.07 Å². The van der Waals surface area contributed by atoms with Crippen molar-refractivity contribution in [1.29, 1.82) is 5.26 Å². The molecule has 0 spiro atoms. The molecule has 3 aromatic rings. The SMILES string of the molecule is CC(O)(Cn1cc(C=O)c2cc(F)ccc21)C(=O)Nc1cnc(C#N)c(C(F)(F)F)c1. The molecular formula is C20H14F4N4O3. The predicted octanol–water partition coefficient (Wildman–Crippen LogP) is 3.27. The minimum atomic E-state index is -4.87. The van der Waals surface area contributed by atoms with Crippen LogP contribution in [0.4, 0.5) is 23.2 Å². The summed E-state index contributed by atoms with van der Waals surface area (Å²) in [4.78, 5) is 27.2. The summed E-state index contributed by atoms with van der Waals surface area (Å²) in [7, 11) is 0. The summed E-state index contributed by atoms with van der Waals surface area (Å²) in [5, 5.41) is 21.8. The second-order valence-electron chi connectivity index (χ2n) is 6.95. The zero-order valence-electron chi connectivity index (χ0n) is 15.9. The lowest BCUT2D eigenvalue weighted by Crippen LogP contribution is -2.43. The second kappa shape index (κ2) is 7.81. The molecule has 2 heterocycles. The van der Waals surface area contributed by atoms with E-state index < -0.39 is 34.8 Å². The second-order valence-corrected chi connectivity index (χ2v) is 6.95. The summed E-state index contributed by atoms with van der Waals surface area (Å²) >= 11 is 0. The van der Waals surface area contributed by atoms with Crippen molar-refractivity contribution >= 4 is 28.8 Å². The number of nitrogens with one attached hydrogen (secondary N) is 1. The summed E-state index contributed by atoms with van der Waals surface area (Å²) in [6.45, 7) is 0.741. The predicted molar refractivity (Wildman–Crippen MR) is 100 cm³/mol. The highest BCUT2D eigenvalue weighted by Crippen LogP contribution is 2.33. The number of benzene rings is 1. The van der Waals surface area contributed by atoms with Crippen LogP contribution >= 0.6 is 0 Å². The molecule has 1 aromatic carbocycles. The third kappa shape index (κ3) is 4.39. The Balaban J connectivity index is 1.89. The van der Waals surface area contributed by atoms with Gasteiger partial charge in [0, 0.05) is 22.7 Å². The van der Waals surface area contributed by atoms with Gasteiger partial charge in [-0.1, -0.05) is 0 Å². The number of alkyl halides is 3. The third-order valence-corrected chi connectivity index (χ3v) is 4.53. The van der Waals surface area contributed by atoms with Crippen LogP contribution in [-0.4, -0.2) is 32.5 Å². The van der Waals surface area contributed by atoms with Crippen molar-refractivity contribution in [2.75, 3.05) is 5.32 Å². The van der Waals surface area contributed by atoms with Gasteiger partial charge in [0.1, 0.15) is 11.9 Å². The van der Waals surface area contributed by atoms with E-state index in [9.17, 15) is 32.3 Å². The van der Waals surface area contributed by atoms with Crippen LogP contribution in [0.5, 0.6) is 0 Å². The fraction of sp³-hybridized carbons (Fsp3) is 0.200. The van der Waals surface area contributed by atoms with E-state index in [0.717, 1.165) is 25.3 Å². The minimum absolute atomic E-state index is 0.136. The Labute approximate surface area is 172 Å². The molecule has 0 saturated heterocycles. The molecule has 2 aromatic heterocycles. The number of halogens is 4. The van der Waals surface area contributed by atoms with E-state index in [0.29, 0.717) is 17.9 Å². The van der Waals surface area contributed by atoms with E-state index in [1.54, 1.807) is 0 Å². The first-order chi connectivity index (χ1) is 14.5. The van der Waals surface area contributed by atoms with Crippen molar-refractivity contribution in [2.45, 2.75) is 25.2 Å². The van der Waals surface area contributed by atoms with E-state index in [2.05, 4.69) is 10.3 Å². The monoisotopic (exact) mass is 434 g/mol. The topological polar surface area (TPSA) is 108 Å². The number of hydrogen-bond donors (Lipinski definition) is 2. The van der Waals surface area contributed by atoms with Gasteiger partial charge in [-0.3, -0.25) is 9.59 Å². The molecule has 0 saturated carbocycles. The first kappa shape index (κ1) is 21.9. The number of carbonyl (C=O) groups excluding carboxylic acids is 2. The lowest BCUT2D eigenvalue weighted by Gasteiger charge is -2.23. The van der Waals surface area contributed by atoms with Gasteiger partial charge in [-0.25, -0.2) is 9.37 Å². The van der Waals surface area contributed by atoms with E-state index in [4.69, 9.17) is 5.26 Å². The zero-order valence-corrected chi connectivity index (χ0v) is 15.9. The number of pyridine rings is 1. The van der Waals surface area contributed by atoms with Gasteiger partial charge in [0.15, 0.2) is 17.6 Å². The van der Waals surface area contributed by atoms with Gasteiger partial charge >= 0.3 is 6.18 Å². The molecule has 2 N–H and O–H groups in total. The van der Waals surface area contributed by atoms with Gasteiger partial charge in [0.25, 0.3) is 5.91 Å². The number of fused-ring (bicyclic) bond motifs is 1. The molecular weight excluding hydrogens is 420 g/mol. The van der Waals surface area contributed by atoms with Gasteiger partial charge in [-0.2, -0.15) is 18.4 Å². The Morgan fingerprint density at radius 3 is 2.68 bits per heavy atom. The number of aliphatic hydroxyl groups is 1. The van der Waals surface area contributed by atoms with Crippen LogP contribution in [0.1, 0.15) is 28.5 Å². The largest absolute Gasteiger partial charge is 0.419 e. The molecule has 0 fully saturated rings. The minimum Gasteiger partial charge on any atom is -0.378 e. The molecule has 160 valence electrons. The number of nitrogens with zero attached hydrogens (tertiary/aromatic N) is 3.